The van der Waals surface area contributed by atoms with Gasteiger partial charge in [-0.25, -0.2) is 4.39 Å². The van der Waals surface area contributed by atoms with Gasteiger partial charge in [-0.2, -0.15) is 0 Å². The minimum atomic E-state index is -0.350. The van der Waals surface area contributed by atoms with Crippen molar-refractivity contribution >= 4 is 5.91 Å². The van der Waals surface area contributed by atoms with Crippen LogP contribution in [-0.2, 0) is 4.74 Å². The topological polar surface area (TPSA) is 29.5 Å². The van der Waals surface area contributed by atoms with Gasteiger partial charge in [-0.15, -0.1) is 0 Å². The molecule has 0 radical (unpaired) electrons. The summed E-state index contributed by atoms with van der Waals surface area (Å²) in [5.41, 5.74) is 0.454. The maximum absolute atomic E-state index is 12.7. The summed E-state index contributed by atoms with van der Waals surface area (Å²) in [6.45, 7) is 4.21. The first-order valence-electron chi connectivity index (χ1n) is 5.20. The van der Waals surface area contributed by atoms with Crippen molar-refractivity contribution in [2.24, 2.45) is 0 Å². The molecular weight excluding hydrogens is 209 g/mol. The van der Waals surface area contributed by atoms with Crippen molar-refractivity contribution < 1.29 is 13.9 Å². The van der Waals surface area contributed by atoms with Gasteiger partial charge in [0.2, 0.25) is 0 Å². The summed E-state index contributed by atoms with van der Waals surface area (Å²) in [7, 11) is 1.66. The lowest BCUT2D eigenvalue weighted by atomic mass is 10.2. The second-order valence-corrected chi connectivity index (χ2v) is 3.48. The van der Waals surface area contributed by atoms with Gasteiger partial charge in [-0.3, -0.25) is 4.79 Å². The number of nitrogens with zero attached hydrogens (tertiary/aromatic N) is 1. The number of carbonyl (C=O) groups is 1. The van der Waals surface area contributed by atoms with Crippen molar-refractivity contribution in [2.45, 2.75) is 20.1 Å². The number of carbonyl (C=O) groups excluding carboxylic acids is 1. The first-order valence-corrected chi connectivity index (χ1v) is 5.20. The number of ether oxygens (including phenoxy) is 1. The molecule has 1 aromatic carbocycles. The fourth-order valence-corrected chi connectivity index (χ4v) is 1.31. The standard InChI is InChI=1S/C12H16FNO2/c1-4-16-9(2)14(3)12(15)10-5-7-11(13)8-6-10/h5-9H,4H2,1-3H3. The molecule has 0 spiro atoms. The van der Waals surface area contributed by atoms with Gasteiger partial charge < -0.3 is 9.64 Å². The molecule has 0 bridgehead atoms. The van der Waals surface area contributed by atoms with Gasteiger partial charge in [-0.05, 0) is 38.1 Å². The van der Waals surface area contributed by atoms with Crippen LogP contribution in [0.3, 0.4) is 0 Å². The van der Waals surface area contributed by atoms with Crippen LogP contribution in [0.5, 0.6) is 0 Å². The molecule has 0 N–H and O–H groups in total. The van der Waals surface area contributed by atoms with Crippen molar-refractivity contribution in [3.63, 3.8) is 0 Å². The molecule has 0 aromatic heterocycles. The predicted molar refractivity (Wildman–Crippen MR) is 59.6 cm³/mol. The second kappa shape index (κ2) is 5.61. The van der Waals surface area contributed by atoms with Crippen LogP contribution in [0.15, 0.2) is 24.3 Å². The van der Waals surface area contributed by atoms with E-state index in [2.05, 4.69) is 0 Å². The van der Waals surface area contributed by atoms with Crippen LogP contribution in [0, 0.1) is 5.82 Å². The van der Waals surface area contributed by atoms with E-state index in [9.17, 15) is 9.18 Å². The number of amides is 1. The summed E-state index contributed by atoms with van der Waals surface area (Å²) < 4.78 is 18.0. The molecule has 1 aromatic rings. The zero-order chi connectivity index (χ0) is 12.1. The molecule has 4 heteroatoms. The highest BCUT2D eigenvalue weighted by atomic mass is 19.1. The van der Waals surface area contributed by atoms with Crippen LogP contribution in [0.2, 0.25) is 0 Å². The molecule has 0 saturated carbocycles. The van der Waals surface area contributed by atoms with Crippen LogP contribution in [0.4, 0.5) is 4.39 Å². The Balaban J connectivity index is 2.73. The van der Waals surface area contributed by atoms with E-state index in [4.69, 9.17) is 4.74 Å². The fourth-order valence-electron chi connectivity index (χ4n) is 1.31. The SMILES string of the molecule is CCOC(C)N(C)C(=O)c1ccc(F)cc1. The molecule has 3 nitrogen and oxygen atoms in total. The highest BCUT2D eigenvalue weighted by molar-refractivity contribution is 5.94. The quantitative estimate of drug-likeness (QED) is 0.736. The summed E-state index contributed by atoms with van der Waals surface area (Å²) in [5, 5.41) is 0. The number of hydrogen-bond donors (Lipinski definition) is 0. The molecule has 0 aliphatic carbocycles. The molecule has 0 heterocycles. The zero-order valence-electron chi connectivity index (χ0n) is 9.74. The number of halogens is 1. The summed E-state index contributed by atoms with van der Waals surface area (Å²) in [6.07, 6.45) is -0.289. The Morgan fingerprint density at radius 3 is 2.50 bits per heavy atom. The minimum Gasteiger partial charge on any atom is -0.359 e. The summed E-state index contributed by atoms with van der Waals surface area (Å²) >= 11 is 0. The molecule has 0 aliphatic rings. The zero-order valence-corrected chi connectivity index (χ0v) is 9.74. The average molecular weight is 225 g/mol. The Hall–Kier alpha value is -1.42. The normalized spacial score (nSPS) is 12.2. The van der Waals surface area contributed by atoms with E-state index in [1.54, 1.807) is 14.0 Å². The Labute approximate surface area is 94.8 Å². The summed E-state index contributed by atoms with van der Waals surface area (Å²) in [5.74, 6) is -0.530. The number of rotatable bonds is 4. The van der Waals surface area contributed by atoms with Crippen molar-refractivity contribution in [3.8, 4) is 0 Å². The number of hydrogen-bond acceptors (Lipinski definition) is 2. The lowest BCUT2D eigenvalue weighted by Crippen LogP contribution is -2.36. The van der Waals surface area contributed by atoms with Crippen LogP contribution in [0.25, 0.3) is 0 Å². The third-order valence-electron chi connectivity index (χ3n) is 2.36. The fraction of sp³-hybridized carbons (Fsp3) is 0.417. The lowest BCUT2D eigenvalue weighted by molar-refractivity contribution is -0.0189. The van der Waals surface area contributed by atoms with Gasteiger partial charge in [0.1, 0.15) is 12.0 Å². The van der Waals surface area contributed by atoms with Gasteiger partial charge in [0.05, 0.1) is 0 Å². The van der Waals surface area contributed by atoms with E-state index in [0.29, 0.717) is 12.2 Å². The first kappa shape index (κ1) is 12.6. The molecular formula is C12H16FNO2. The Morgan fingerprint density at radius 2 is 2.00 bits per heavy atom. The summed E-state index contributed by atoms with van der Waals surface area (Å²) in [6, 6.07) is 5.47. The van der Waals surface area contributed by atoms with Crippen molar-refractivity contribution in [1.82, 2.24) is 4.90 Å². The van der Waals surface area contributed by atoms with E-state index in [1.165, 1.54) is 29.2 Å². The van der Waals surface area contributed by atoms with Gasteiger partial charge in [-0.1, -0.05) is 0 Å². The third kappa shape index (κ3) is 3.03. The van der Waals surface area contributed by atoms with Crippen molar-refractivity contribution in [3.05, 3.63) is 35.6 Å². The molecule has 0 aliphatic heterocycles. The Kier molecular flexibility index (Phi) is 4.43. The minimum absolute atomic E-state index is 0.180. The second-order valence-electron chi connectivity index (χ2n) is 3.48. The van der Waals surface area contributed by atoms with E-state index >= 15 is 0 Å². The maximum atomic E-state index is 12.7. The summed E-state index contributed by atoms with van der Waals surface area (Å²) in [4.78, 5) is 13.4. The van der Waals surface area contributed by atoms with Crippen molar-refractivity contribution in [1.29, 1.82) is 0 Å². The molecule has 16 heavy (non-hydrogen) atoms. The Bertz CT molecular complexity index is 351. The molecule has 1 atom stereocenters. The van der Waals surface area contributed by atoms with Crippen molar-refractivity contribution in [2.75, 3.05) is 13.7 Å². The maximum Gasteiger partial charge on any atom is 0.255 e. The molecule has 0 fully saturated rings. The van der Waals surface area contributed by atoms with Crippen LogP contribution in [0.1, 0.15) is 24.2 Å². The number of benzene rings is 1. The predicted octanol–water partition coefficient (Wildman–Crippen LogP) is 2.28. The van der Waals surface area contributed by atoms with Crippen LogP contribution >= 0.6 is 0 Å². The van der Waals surface area contributed by atoms with E-state index in [-0.39, 0.29) is 18.0 Å². The van der Waals surface area contributed by atoms with Gasteiger partial charge in [0, 0.05) is 19.2 Å². The molecule has 1 amide bonds. The first-order chi connectivity index (χ1) is 7.56. The van der Waals surface area contributed by atoms with E-state index in [0.717, 1.165) is 0 Å². The molecule has 1 rings (SSSR count). The van der Waals surface area contributed by atoms with Crippen LogP contribution < -0.4 is 0 Å². The highest BCUT2D eigenvalue weighted by Crippen LogP contribution is 2.08. The highest BCUT2D eigenvalue weighted by Gasteiger charge is 2.17. The van der Waals surface area contributed by atoms with Gasteiger partial charge in [0.15, 0.2) is 0 Å². The Morgan fingerprint density at radius 1 is 1.44 bits per heavy atom. The van der Waals surface area contributed by atoms with Crippen LogP contribution in [-0.4, -0.2) is 30.7 Å². The van der Waals surface area contributed by atoms with Gasteiger partial charge >= 0.3 is 0 Å². The third-order valence-corrected chi connectivity index (χ3v) is 2.36. The lowest BCUT2D eigenvalue weighted by Gasteiger charge is -2.24. The smallest absolute Gasteiger partial charge is 0.255 e. The average Bonchev–Trinajstić information content (AvgIpc) is 2.28. The van der Waals surface area contributed by atoms with Gasteiger partial charge in [0.25, 0.3) is 5.91 Å². The molecule has 88 valence electrons. The molecule has 0 saturated heterocycles. The largest absolute Gasteiger partial charge is 0.359 e. The molecule has 1 unspecified atom stereocenters. The monoisotopic (exact) mass is 225 g/mol. The van der Waals surface area contributed by atoms with E-state index < -0.39 is 0 Å². The van der Waals surface area contributed by atoms with E-state index in [1.807, 2.05) is 6.92 Å².